The van der Waals surface area contributed by atoms with Crippen LogP contribution in [-0.4, -0.2) is 62.2 Å². The van der Waals surface area contributed by atoms with Crippen molar-refractivity contribution in [2.24, 2.45) is 5.73 Å². The van der Waals surface area contributed by atoms with Gasteiger partial charge in [0.05, 0.1) is 6.61 Å². The van der Waals surface area contributed by atoms with Gasteiger partial charge in [-0.1, -0.05) is 0 Å². The Hall–Kier alpha value is 0.490. The quantitative estimate of drug-likeness (QED) is 0.343. The molecule has 4 nitrogen and oxygen atoms in total. The first-order chi connectivity index (χ1) is 3.77. The molecule has 0 aromatic rings. The minimum absolute atomic E-state index is 0. The molecule has 0 saturated heterocycles. The topological polar surface area (TPSA) is 72.5 Å². The van der Waals surface area contributed by atoms with Gasteiger partial charge in [0.15, 0.2) is 0 Å². The Morgan fingerprint density at radius 1 is 1.78 bits per heavy atom. The Balaban J connectivity index is -0.0000000817. The van der Waals surface area contributed by atoms with E-state index in [0.717, 1.165) is 0 Å². The first-order valence-electron chi connectivity index (χ1n) is 2.33. The van der Waals surface area contributed by atoms with Gasteiger partial charge in [-0.2, -0.15) is 0 Å². The standard InChI is InChI=1S/C4H9NO3.Ca.2H/c5-2-1-3-8-4(6)7;;;/h1-3,5H2,(H,6,7);;;/q;+2;2*-1. The molecule has 0 aliphatic rings. The number of hydrogen-bond acceptors (Lipinski definition) is 3. The molecule has 52 valence electrons. The van der Waals surface area contributed by atoms with Gasteiger partial charge < -0.3 is 18.4 Å². The molecule has 0 aliphatic heterocycles. The zero-order valence-corrected chi connectivity index (χ0v) is 7.38. The van der Waals surface area contributed by atoms with Crippen LogP contribution in [-0.2, 0) is 4.74 Å². The van der Waals surface area contributed by atoms with Crippen molar-refractivity contribution in [3.63, 3.8) is 0 Å². The largest absolute Gasteiger partial charge is 2.00 e. The third-order valence-electron chi connectivity index (χ3n) is 0.574. The van der Waals surface area contributed by atoms with Crippen LogP contribution < -0.4 is 5.73 Å². The SMILES string of the molecule is NCCCOC(=O)O.[Ca+2].[H-].[H-]. The maximum Gasteiger partial charge on any atom is 2.00 e. The Labute approximate surface area is 86.3 Å². The molecular formula is C4H11CaNO3. The van der Waals surface area contributed by atoms with Crippen molar-refractivity contribution in [2.75, 3.05) is 13.2 Å². The molecule has 0 saturated carbocycles. The number of ether oxygens (including phenoxy) is 1. The number of carboxylic acid groups (broad SMARTS) is 1. The van der Waals surface area contributed by atoms with Crippen LogP contribution in [0.4, 0.5) is 4.79 Å². The van der Waals surface area contributed by atoms with Crippen LogP contribution in [0.2, 0.25) is 0 Å². The fourth-order valence-electron chi connectivity index (χ4n) is 0.243. The van der Waals surface area contributed by atoms with Crippen LogP contribution in [0.3, 0.4) is 0 Å². The van der Waals surface area contributed by atoms with E-state index in [1.54, 1.807) is 0 Å². The Morgan fingerprint density at radius 3 is 2.67 bits per heavy atom. The monoisotopic (exact) mass is 161 g/mol. The first kappa shape index (κ1) is 12.2. The molecule has 0 fully saturated rings. The molecule has 3 N–H and O–H groups in total. The summed E-state index contributed by atoms with van der Waals surface area (Å²) in [6.45, 7) is 0.666. The summed E-state index contributed by atoms with van der Waals surface area (Å²) < 4.78 is 4.12. The van der Waals surface area contributed by atoms with Gasteiger partial charge in [-0.05, 0) is 13.0 Å². The molecule has 0 heterocycles. The van der Waals surface area contributed by atoms with Gasteiger partial charge in [0.25, 0.3) is 0 Å². The third-order valence-corrected chi connectivity index (χ3v) is 0.574. The van der Waals surface area contributed by atoms with Gasteiger partial charge in [-0.3, -0.25) is 0 Å². The second kappa shape index (κ2) is 8.49. The summed E-state index contributed by atoms with van der Waals surface area (Å²) in [5.41, 5.74) is 5.04. The van der Waals surface area contributed by atoms with Crippen molar-refractivity contribution >= 4 is 43.9 Å². The summed E-state index contributed by atoms with van der Waals surface area (Å²) in [7, 11) is 0. The number of hydrogen-bond donors (Lipinski definition) is 2. The van der Waals surface area contributed by atoms with E-state index in [0.29, 0.717) is 13.0 Å². The average Bonchev–Trinajstić information content (AvgIpc) is 1.66. The summed E-state index contributed by atoms with van der Waals surface area (Å²) >= 11 is 0. The zero-order chi connectivity index (χ0) is 6.41. The molecule has 0 atom stereocenters. The Kier molecular flexibility index (Phi) is 11.5. The van der Waals surface area contributed by atoms with Crippen LogP contribution in [0.25, 0.3) is 0 Å². The predicted molar refractivity (Wildman–Crippen MR) is 35.6 cm³/mol. The fourth-order valence-corrected chi connectivity index (χ4v) is 0.243. The summed E-state index contributed by atoms with van der Waals surface area (Å²) in [6.07, 6.45) is -0.648. The van der Waals surface area contributed by atoms with Crippen molar-refractivity contribution in [3.05, 3.63) is 0 Å². The molecule has 0 aromatic heterocycles. The summed E-state index contributed by atoms with van der Waals surface area (Å²) in [6, 6.07) is 0. The second-order valence-electron chi connectivity index (χ2n) is 1.26. The van der Waals surface area contributed by atoms with Crippen molar-refractivity contribution in [1.82, 2.24) is 0 Å². The summed E-state index contributed by atoms with van der Waals surface area (Å²) in [5.74, 6) is 0. The fraction of sp³-hybridized carbons (Fsp3) is 0.750. The molecule has 0 radical (unpaired) electrons. The molecule has 0 aliphatic carbocycles. The molecule has 0 unspecified atom stereocenters. The summed E-state index contributed by atoms with van der Waals surface area (Å²) in [5, 5.41) is 7.88. The number of carbonyl (C=O) groups is 1. The van der Waals surface area contributed by atoms with Crippen molar-refractivity contribution in [3.8, 4) is 0 Å². The molecule has 0 aromatic carbocycles. The van der Waals surface area contributed by atoms with Crippen molar-refractivity contribution < 1.29 is 17.5 Å². The molecule has 0 amide bonds. The predicted octanol–water partition coefficient (Wildman–Crippen LogP) is -0.126. The third kappa shape index (κ3) is 11.9. The van der Waals surface area contributed by atoms with Crippen LogP contribution in [0.15, 0.2) is 0 Å². The molecule has 0 bridgehead atoms. The van der Waals surface area contributed by atoms with E-state index in [1.165, 1.54) is 0 Å². The Bertz CT molecular complexity index is 85.7. The van der Waals surface area contributed by atoms with Crippen LogP contribution in [0.5, 0.6) is 0 Å². The van der Waals surface area contributed by atoms with Crippen LogP contribution in [0.1, 0.15) is 9.27 Å². The minimum Gasteiger partial charge on any atom is -1.00 e. The minimum atomic E-state index is -1.24. The van der Waals surface area contributed by atoms with Crippen molar-refractivity contribution in [1.29, 1.82) is 0 Å². The smallest absolute Gasteiger partial charge is 1.00 e. The van der Waals surface area contributed by atoms with E-state index in [4.69, 9.17) is 10.8 Å². The molecular weight excluding hydrogens is 150 g/mol. The molecule has 5 heteroatoms. The summed E-state index contributed by atoms with van der Waals surface area (Å²) in [4.78, 5) is 9.61. The maximum absolute atomic E-state index is 9.61. The zero-order valence-electron chi connectivity index (χ0n) is 7.17. The van der Waals surface area contributed by atoms with Gasteiger partial charge in [0.1, 0.15) is 0 Å². The normalized spacial score (nSPS) is 7.67. The second-order valence-corrected chi connectivity index (χ2v) is 1.26. The van der Waals surface area contributed by atoms with Crippen LogP contribution in [0, 0.1) is 0 Å². The molecule has 0 spiro atoms. The van der Waals surface area contributed by atoms with E-state index >= 15 is 0 Å². The van der Waals surface area contributed by atoms with E-state index in [-0.39, 0.29) is 47.2 Å². The van der Waals surface area contributed by atoms with E-state index in [9.17, 15) is 4.79 Å². The van der Waals surface area contributed by atoms with Gasteiger partial charge in [0, 0.05) is 0 Å². The Morgan fingerprint density at radius 2 is 2.33 bits per heavy atom. The van der Waals surface area contributed by atoms with Gasteiger partial charge in [-0.15, -0.1) is 0 Å². The van der Waals surface area contributed by atoms with E-state index in [2.05, 4.69) is 4.74 Å². The van der Waals surface area contributed by atoms with Crippen molar-refractivity contribution in [2.45, 2.75) is 6.42 Å². The van der Waals surface area contributed by atoms with E-state index in [1.807, 2.05) is 0 Å². The number of nitrogens with two attached hydrogens (primary N) is 1. The first-order valence-corrected chi connectivity index (χ1v) is 2.33. The molecule has 9 heavy (non-hydrogen) atoms. The average molecular weight is 161 g/mol. The van der Waals surface area contributed by atoms with E-state index < -0.39 is 6.16 Å². The van der Waals surface area contributed by atoms with Gasteiger partial charge in [0.2, 0.25) is 0 Å². The number of rotatable bonds is 3. The maximum atomic E-state index is 9.61. The van der Waals surface area contributed by atoms with Gasteiger partial charge in [-0.25, -0.2) is 4.79 Å². The van der Waals surface area contributed by atoms with Gasteiger partial charge >= 0.3 is 43.9 Å². The molecule has 0 rings (SSSR count). The van der Waals surface area contributed by atoms with Crippen LogP contribution >= 0.6 is 0 Å².